The summed E-state index contributed by atoms with van der Waals surface area (Å²) in [6.45, 7) is 4.17. The molecule has 16 heavy (non-hydrogen) atoms. The molecule has 1 heterocycles. The van der Waals surface area contributed by atoms with Crippen molar-refractivity contribution in [1.82, 2.24) is 0 Å². The second-order valence-corrected chi connectivity index (χ2v) is 6.84. The van der Waals surface area contributed by atoms with Crippen LogP contribution in [0.15, 0.2) is 11.0 Å². The Bertz CT molecular complexity index is 357. The van der Waals surface area contributed by atoms with Crippen LogP contribution in [0.2, 0.25) is 0 Å². The molecule has 1 saturated heterocycles. The number of rotatable bonds is 3. The largest absolute Gasteiger partial charge is 0.387 e. The summed E-state index contributed by atoms with van der Waals surface area (Å²) in [4.78, 5) is 24.2. The van der Waals surface area contributed by atoms with E-state index in [2.05, 4.69) is 13.8 Å². The van der Waals surface area contributed by atoms with Gasteiger partial charge in [-0.1, -0.05) is 6.92 Å². The number of thioether (sulfide) groups is 2. The van der Waals surface area contributed by atoms with E-state index in [-0.39, 0.29) is 20.4 Å². The SMILES string of the molecule is CCC(C)(C=C1SC(=O)[N+](C)(C)C1=O)SC. The van der Waals surface area contributed by atoms with Gasteiger partial charge in [0.05, 0.1) is 14.1 Å². The van der Waals surface area contributed by atoms with Crippen molar-refractivity contribution < 1.29 is 14.1 Å². The first kappa shape index (κ1) is 13.8. The normalized spacial score (nSPS) is 26.2. The number of amides is 2. The Morgan fingerprint density at radius 2 is 2.00 bits per heavy atom. The molecule has 5 heteroatoms. The lowest BCUT2D eigenvalue weighted by atomic mass is 10.1. The Labute approximate surface area is 105 Å². The van der Waals surface area contributed by atoms with Gasteiger partial charge in [0, 0.05) is 16.5 Å². The summed E-state index contributed by atoms with van der Waals surface area (Å²) >= 11 is 2.77. The molecule has 3 nitrogen and oxygen atoms in total. The topological polar surface area (TPSA) is 34.1 Å². The minimum Gasteiger partial charge on any atom is -0.224 e. The lowest BCUT2D eigenvalue weighted by Crippen LogP contribution is -2.43. The fourth-order valence-corrected chi connectivity index (χ4v) is 3.02. The molecule has 0 aliphatic carbocycles. The number of hydrogen-bond acceptors (Lipinski definition) is 4. The van der Waals surface area contributed by atoms with Crippen LogP contribution in [0.4, 0.5) is 4.79 Å². The molecule has 0 aromatic rings. The van der Waals surface area contributed by atoms with Crippen LogP contribution in [0.25, 0.3) is 0 Å². The predicted molar refractivity (Wildman–Crippen MR) is 70.4 cm³/mol. The third kappa shape index (κ3) is 2.36. The monoisotopic (exact) mass is 260 g/mol. The zero-order valence-corrected chi connectivity index (χ0v) is 12.0. The number of likely N-dealkylation sites (N-methyl/N-ethyl adjacent to an activating group) is 1. The summed E-state index contributed by atoms with van der Waals surface area (Å²) in [5.74, 6) is -0.0938. The molecule has 1 aliphatic rings. The van der Waals surface area contributed by atoms with E-state index in [9.17, 15) is 9.59 Å². The fraction of sp³-hybridized carbons (Fsp3) is 0.636. The van der Waals surface area contributed by atoms with E-state index in [0.29, 0.717) is 4.91 Å². The quantitative estimate of drug-likeness (QED) is 0.577. The Morgan fingerprint density at radius 1 is 1.44 bits per heavy atom. The van der Waals surface area contributed by atoms with Crippen molar-refractivity contribution in [2.45, 2.75) is 25.0 Å². The lowest BCUT2D eigenvalue weighted by Gasteiger charge is -2.21. The zero-order chi connectivity index (χ0) is 12.6. The molecule has 0 aromatic heterocycles. The van der Waals surface area contributed by atoms with Crippen LogP contribution in [0.5, 0.6) is 0 Å². The molecule has 1 fully saturated rings. The summed E-state index contributed by atoms with van der Waals surface area (Å²) < 4.78 is -0.243. The van der Waals surface area contributed by atoms with Gasteiger partial charge in [0.2, 0.25) is 0 Å². The molecule has 0 radical (unpaired) electrons. The zero-order valence-electron chi connectivity index (χ0n) is 10.4. The molecule has 1 rings (SSSR count). The van der Waals surface area contributed by atoms with Gasteiger partial charge in [-0.05, 0) is 25.7 Å². The first-order chi connectivity index (χ1) is 7.27. The standard InChI is InChI=1S/C11H18NO2S2/c1-6-11(2,15-5)7-8-9(13)12(3,4)10(14)16-8/h7H,6H2,1-5H3/q+1. The number of imide groups is 1. The summed E-state index contributed by atoms with van der Waals surface area (Å²) in [5.41, 5.74) is 0. The van der Waals surface area contributed by atoms with E-state index in [1.807, 2.05) is 12.3 Å². The summed E-state index contributed by atoms with van der Waals surface area (Å²) in [7, 11) is 3.28. The highest BCUT2D eigenvalue weighted by atomic mass is 32.2. The number of carbonyl (C=O) groups excluding carboxylic acids is 2. The van der Waals surface area contributed by atoms with Gasteiger partial charge >= 0.3 is 11.1 Å². The summed E-state index contributed by atoms with van der Waals surface area (Å²) in [6.07, 6.45) is 4.90. The van der Waals surface area contributed by atoms with Crippen LogP contribution >= 0.6 is 23.5 Å². The Morgan fingerprint density at radius 3 is 2.31 bits per heavy atom. The van der Waals surface area contributed by atoms with Gasteiger partial charge in [-0.25, -0.2) is 9.59 Å². The van der Waals surface area contributed by atoms with Crippen LogP contribution in [-0.4, -0.2) is 40.7 Å². The first-order valence-electron chi connectivity index (χ1n) is 5.16. The third-order valence-corrected chi connectivity index (χ3v) is 5.46. The Balaban J connectivity index is 3.05. The maximum atomic E-state index is 12.0. The molecule has 0 saturated carbocycles. The average Bonchev–Trinajstić information content (AvgIpc) is 2.43. The molecule has 1 unspecified atom stereocenters. The molecular formula is C11H18NO2S2+. The van der Waals surface area contributed by atoms with Crippen molar-refractivity contribution in [2.24, 2.45) is 0 Å². The smallest absolute Gasteiger partial charge is 0.224 e. The van der Waals surface area contributed by atoms with Crippen molar-refractivity contribution in [3.8, 4) is 0 Å². The van der Waals surface area contributed by atoms with Crippen LogP contribution in [-0.2, 0) is 4.79 Å². The van der Waals surface area contributed by atoms with Gasteiger partial charge in [-0.2, -0.15) is 16.2 Å². The van der Waals surface area contributed by atoms with E-state index in [4.69, 9.17) is 0 Å². The first-order valence-corrected chi connectivity index (χ1v) is 7.20. The average molecular weight is 260 g/mol. The van der Waals surface area contributed by atoms with E-state index < -0.39 is 0 Å². The van der Waals surface area contributed by atoms with E-state index in [1.54, 1.807) is 25.9 Å². The highest BCUT2D eigenvalue weighted by Crippen LogP contribution is 2.38. The maximum Gasteiger partial charge on any atom is 0.387 e. The second kappa shape index (κ2) is 4.55. The van der Waals surface area contributed by atoms with Crippen LogP contribution in [0.3, 0.4) is 0 Å². The summed E-state index contributed by atoms with van der Waals surface area (Å²) in [6, 6.07) is 0. The molecule has 1 atom stereocenters. The van der Waals surface area contributed by atoms with Gasteiger partial charge in [-0.3, -0.25) is 0 Å². The molecular weight excluding hydrogens is 242 g/mol. The van der Waals surface area contributed by atoms with Gasteiger partial charge < -0.3 is 0 Å². The minimum absolute atomic E-state index is 0.0669. The minimum atomic E-state index is -0.176. The van der Waals surface area contributed by atoms with Gasteiger partial charge in [-0.15, -0.1) is 0 Å². The second-order valence-electron chi connectivity index (χ2n) is 4.51. The van der Waals surface area contributed by atoms with Crippen LogP contribution in [0, 0.1) is 0 Å². The highest BCUT2D eigenvalue weighted by Gasteiger charge is 2.48. The van der Waals surface area contributed by atoms with Crippen molar-refractivity contribution in [2.75, 3.05) is 20.4 Å². The molecule has 90 valence electrons. The number of quaternary nitrogens is 1. The van der Waals surface area contributed by atoms with Crippen LogP contribution < -0.4 is 0 Å². The van der Waals surface area contributed by atoms with E-state index in [0.717, 1.165) is 18.2 Å². The van der Waals surface area contributed by atoms with Gasteiger partial charge in [0.1, 0.15) is 4.91 Å². The molecule has 0 bridgehead atoms. The fourth-order valence-electron chi connectivity index (χ4n) is 1.28. The van der Waals surface area contributed by atoms with Crippen LogP contribution in [0.1, 0.15) is 20.3 Å². The predicted octanol–water partition coefficient (Wildman–Crippen LogP) is 2.87. The number of nitrogens with zero attached hydrogens (tertiary/aromatic N) is 1. The van der Waals surface area contributed by atoms with Crippen molar-refractivity contribution >= 4 is 34.7 Å². The van der Waals surface area contributed by atoms with E-state index >= 15 is 0 Å². The Hall–Kier alpha value is -0.260. The van der Waals surface area contributed by atoms with Crippen molar-refractivity contribution in [3.05, 3.63) is 11.0 Å². The maximum absolute atomic E-state index is 12.0. The third-order valence-electron chi connectivity index (χ3n) is 2.98. The highest BCUT2D eigenvalue weighted by molar-refractivity contribution is 8.17. The number of hydrogen-bond donors (Lipinski definition) is 0. The van der Waals surface area contributed by atoms with Crippen molar-refractivity contribution in [1.29, 1.82) is 0 Å². The Kier molecular flexibility index (Phi) is 3.92. The molecule has 2 amide bonds. The molecule has 1 aliphatic heterocycles. The van der Waals surface area contributed by atoms with Gasteiger partial charge in [0.15, 0.2) is 0 Å². The summed E-state index contributed by atoms with van der Waals surface area (Å²) in [5, 5.41) is -0.101. The molecule has 0 N–H and O–H groups in total. The lowest BCUT2D eigenvalue weighted by molar-refractivity contribution is -0.716. The van der Waals surface area contributed by atoms with E-state index in [1.165, 1.54) is 0 Å². The number of carbonyl (C=O) groups is 2. The molecule has 0 spiro atoms. The molecule has 0 aromatic carbocycles. The van der Waals surface area contributed by atoms with Gasteiger partial charge in [0.25, 0.3) is 0 Å². The van der Waals surface area contributed by atoms with Crippen molar-refractivity contribution in [3.63, 3.8) is 0 Å².